The summed E-state index contributed by atoms with van der Waals surface area (Å²) in [4.78, 5) is 45.9. The predicted molar refractivity (Wildman–Crippen MR) is 90.9 cm³/mol. The van der Waals surface area contributed by atoms with Crippen LogP contribution in [0.25, 0.3) is 0 Å². The molecular formula is C15H18N4O6. The molecule has 0 amide bonds. The summed E-state index contributed by atoms with van der Waals surface area (Å²) >= 11 is 0. The molecule has 10 nitrogen and oxygen atoms in total. The molecule has 0 fully saturated rings. The number of hydrogen-bond donors (Lipinski definition) is 2. The normalized spacial score (nSPS) is 10.6. The average Bonchev–Trinajstić information content (AvgIpc) is 2.49. The van der Waals surface area contributed by atoms with E-state index >= 15 is 0 Å². The summed E-state index contributed by atoms with van der Waals surface area (Å²) < 4.78 is 0. The van der Waals surface area contributed by atoms with Gasteiger partial charge in [0.15, 0.2) is 0 Å². The van der Waals surface area contributed by atoms with Crippen LogP contribution in [0.5, 0.6) is 0 Å². The maximum atomic E-state index is 11.0. The van der Waals surface area contributed by atoms with Crippen LogP contribution in [0.3, 0.4) is 0 Å². The summed E-state index contributed by atoms with van der Waals surface area (Å²) in [5, 5.41) is 20.8. The second-order valence-corrected chi connectivity index (χ2v) is 6.25. The first-order chi connectivity index (χ1) is 11.4. The van der Waals surface area contributed by atoms with Crippen molar-refractivity contribution in [3.05, 3.63) is 76.6 Å². The minimum atomic E-state index is -0.703. The van der Waals surface area contributed by atoms with E-state index in [0.29, 0.717) is 11.1 Å². The Bertz CT molecular complexity index is 907. The van der Waals surface area contributed by atoms with Gasteiger partial charge < -0.3 is 9.97 Å². The van der Waals surface area contributed by atoms with E-state index in [2.05, 4.69) is 9.97 Å². The first-order valence-corrected chi connectivity index (χ1v) is 7.15. The Morgan fingerprint density at radius 1 is 0.920 bits per heavy atom. The van der Waals surface area contributed by atoms with E-state index in [-0.39, 0.29) is 11.2 Å². The van der Waals surface area contributed by atoms with Gasteiger partial charge in [0.2, 0.25) is 5.56 Å². The molecule has 134 valence electrons. The van der Waals surface area contributed by atoms with Gasteiger partial charge in [0.1, 0.15) is 0 Å². The number of H-pyrrole nitrogens is 2. The number of aromatic amines is 2. The van der Waals surface area contributed by atoms with E-state index in [1.54, 1.807) is 6.92 Å². The predicted octanol–water partition coefficient (Wildman–Crippen LogP) is 2.17. The third-order valence-electron chi connectivity index (χ3n) is 3.13. The van der Waals surface area contributed by atoms with Gasteiger partial charge in [0.05, 0.1) is 16.0 Å². The lowest BCUT2D eigenvalue weighted by Gasteiger charge is -2.17. The molecule has 0 aliphatic heterocycles. The van der Waals surface area contributed by atoms with E-state index in [1.165, 1.54) is 18.3 Å². The van der Waals surface area contributed by atoms with E-state index in [4.69, 9.17) is 0 Å². The molecule has 0 spiro atoms. The third kappa shape index (κ3) is 5.37. The van der Waals surface area contributed by atoms with Crippen LogP contribution >= 0.6 is 0 Å². The van der Waals surface area contributed by atoms with Crippen molar-refractivity contribution >= 4 is 11.4 Å². The third-order valence-corrected chi connectivity index (χ3v) is 3.13. The molecule has 0 bridgehead atoms. The van der Waals surface area contributed by atoms with Crippen molar-refractivity contribution in [3.63, 3.8) is 0 Å². The molecule has 2 rings (SSSR count). The summed E-state index contributed by atoms with van der Waals surface area (Å²) in [6.45, 7) is 7.15. The lowest BCUT2D eigenvalue weighted by Crippen LogP contribution is -2.18. The molecular weight excluding hydrogens is 332 g/mol. The summed E-state index contributed by atoms with van der Waals surface area (Å²) in [6.07, 6.45) is 2.57. The standard InChI is InChI=1S/C9H12N2O3.C6H6N2O3/c1-9(2,3)6-4-8(12)10-5-7(6)11(13)14;1-4-2-5(8(10)11)6(9)7-3-4/h4-5H,1-3H3,(H,10,12);2-3H,1H3,(H,7,9). The van der Waals surface area contributed by atoms with Crippen LogP contribution in [-0.2, 0) is 5.41 Å². The summed E-state index contributed by atoms with van der Waals surface area (Å²) in [5.41, 5.74) is -0.734. The molecule has 2 aromatic rings. The topological polar surface area (TPSA) is 152 Å². The Hall–Kier alpha value is -3.30. The zero-order valence-electron chi connectivity index (χ0n) is 14.2. The van der Waals surface area contributed by atoms with E-state index in [1.807, 2.05) is 20.8 Å². The minimum Gasteiger partial charge on any atom is -0.323 e. The number of pyridine rings is 2. The fourth-order valence-corrected chi connectivity index (χ4v) is 1.93. The second kappa shape index (κ2) is 7.51. The fraction of sp³-hybridized carbons (Fsp3) is 0.333. The van der Waals surface area contributed by atoms with Crippen molar-refractivity contribution in [2.45, 2.75) is 33.1 Å². The van der Waals surface area contributed by atoms with Gasteiger partial charge in [-0.25, -0.2) is 0 Å². The van der Waals surface area contributed by atoms with Crippen molar-refractivity contribution in [1.82, 2.24) is 9.97 Å². The van der Waals surface area contributed by atoms with Crippen LogP contribution in [0, 0.1) is 27.2 Å². The number of hydrogen-bond acceptors (Lipinski definition) is 6. The Balaban J connectivity index is 0.000000257. The summed E-state index contributed by atoms with van der Waals surface area (Å²) in [6, 6.07) is 2.51. The smallest absolute Gasteiger partial charge is 0.323 e. The van der Waals surface area contributed by atoms with E-state index in [0.717, 1.165) is 6.20 Å². The van der Waals surface area contributed by atoms with Crippen LogP contribution in [-0.4, -0.2) is 19.8 Å². The number of nitrogens with zero attached hydrogens (tertiary/aromatic N) is 2. The highest BCUT2D eigenvalue weighted by Gasteiger charge is 2.25. The molecule has 2 heterocycles. The largest absolute Gasteiger partial charge is 0.334 e. The molecule has 0 aliphatic rings. The summed E-state index contributed by atoms with van der Waals surface area (Å²) in [7, 11) is 0. The van der Waals surface area contributed by atoms with Gasteiger partial charge in [-0.05, 0) is 17.9 Å². The molecule has 10 heteroatoms. The highest BCUT2D eigenvalue weighted by atomic mass is 16.6. The van der Waals surface area contributed by atoms with Gasteiger partial charge in [-0.15, -0.1) is 0 Å². The Kier molecular flexibility index (Phi) is 5.93. The van der Waals surface area contributed by atoms with Gasteiger partial charge in [-0.1, -0.05) is 20.8 Å². The number of nitro groups is 2. The van der Waals surface area contributed by atoms with Gasteiger partial charge in [0.25, 0.3) is 5.69 Å². The van der Waals surface area contributed by atoms with Gasteiger partial charge >= 0.3 is 11.2 Å². The van der Waals surface area contributed by atoms with Crippen molar-refractivity contribution in [2.75, 3.05) is 0 Å². The number of nitrogens with one attached hydrogen (secondary N) is 2. The lowest BCUT2D eigenvalue weighted by molar-refractivity contribution is -0.386. The van der Waals surface area contributed by atoms with Crippen molar-refractivity contribution in [1.29, 1.82) is 0 Å². The lowest BCUT2D eigenvalue weighted by atomic mass is 9.87. The van der Waals surface area contributed by atoms with E-state index < -0.39 is 26.5 Å². The first-order valence-electron chi connectivity index (χ1n) is 7.15. The maximum Gasteiger partial charge on any atom is 0.334 e. The highest BCUT2D eigenvalue weighted by molar-refractivity contribution is 5.41. The van der Waals surface area contributed by atoms with Crippen LogP contribution < -0.4 is 11.1 Å². The first kappa shape index (κ1) is 19.7. The van der Waals surface area contributed by atoms with Gasteiger partial charge in [0, 0.05) is 23.9 Å². The number of aryl methyl sites for hydroxylation is 1. The number of rotatable bonds is 2. The van der Waals surface area contributed by atoms with Gasteiger partial charge in [-0.2, -0.15) is 0 Å². The number of aromatic nitrogens is 2. The minimum absolute atomic E-state index is 0.0444. The van der Waals surface area contributed by atoms with Gasteiger partial charge in [-0.3, -0.25) is 29.8 Å². The van der Waals surface area contributed by atoms with Crippen molar-refractivity contribution < 1.29 is 9.85 Å². The molecule has 0 unspecified atom stereocenters. The van der Waals surface area contributed by atoms with Crippen LogP contribution in [0.4, 0.5) is 11.4 Å². The SMILES string of the molecule is CC(C)(C)c1cc(=O)[nH]cc1[N+](=O)[O-].Cc1c[nH]c(=O)c([N+](=O)[O-])c1. The Morgan fingerprint density at radius 2 is 1.48 bits per heavy atom. The fourth-order valence-electron chi connectivity index (χ4n) is 1.93. The quantitative estimate of drug-likeness (QED) is 0.625. The molecule has 0 saturated heterocycles. The van der Waals surface area contributed by atoms with E-state index in [9.17, 15) is 29.8 Å². The molecule has 2 N–H and O–H groups in total. The maximum absolute atomic E-state index is 11.0. The van der Waals surface area contributed by atoms with Crippen LogP contribution in [0.15, 0.2) is 34.1 Å². The zero-order valence-corrected chi connectivity index (χ0v) is 14.2. The second-order valence-electron chi connectivity index (χ2n) is 6.25. The average molecular weight is 350 g/mol. The van der Waals surface area contributed by atoms with Crippen molar-refractivity contribution in [3.8, 4) is 0 Å². The molecule has 25 heavy (non-hydrogen) atoms. The Labute approximate surface area is 141 Å². The molecule has 0 saturated carbocycles. The van der Waals surface area contributed by atoms with Crippen LogP contribution in [0.1, 0.15) is 31.9 Å². The molecule has 0 aliphatic carbocycles. The van der Waals surface area contributed by atoms with Crippen LogP contribution in [0.2, 0.25) is 0 Å². The molecule has 0 radical (unpaired) electrons. The molecule has 0 aromatic carbocycles. The zero-order chi connectivity index (χ0) is 19.4. The Morgan fingerprint density at radius 3 is 1.92 bits per heavy atom. The van der Waals surface area contributed by atoms with Crippen molar-refractivity contribution in [2.24, 2.45) is 0 Å². The molecule has 0 atom stereocenters. The molecule has 2 aromatic heterocycles. The highest BCUT2D eigenvalue weighted by Crippen LogP contribution is 2.28. The monoisotopic (exact) mass is 350 g/mol. The summed E-state index contributed by atoms with van der Waals surface area (Å²) in [5.74, 6) is 0.